The first-order valence-corrected chi connectivity index (χ1v) is 9.59. The maximum atomic E-state index is 12.4. The first-order valence-electron chi connectivity index (χ1n) is 9.59. The van der Waals surface area contributed by atoms with Gasteiger partial charge in [-0.15, -0.1) is 0 Å². The van der Waals surface area contributed by atoms with Crippen molar-refractivity contribution in [1.29, 1.82) is 0 Å². The molecule has 0 aliphatic carbocycles. The first kappa shape index (κ1) is 20.7. The summed E-state index contributed by atoms with van der Waals surface area (Å²) < 4.78 is 6.14. The molecule has 138 valence electrons. The molecular weight excluding hydrogens is 302 g/mol. The fourth-order valence-electron chi connectivity index (χ4n) is 3.51. The summed E-state index contributed by atoms with van der Waals surface area (Å²) in [4.78, 5) is 12.3. The van der Waals surface area contributed by atoms with Crippen LogP contribution in [0.3, 0.4) is 0 Å². The molecule has 0 unspecified atom stereocenters. The highest BCUT2D eigenvalue weighted by molar-refractivity contribution is 6.18. The molecule has 4 nitrogen and oxygen atoms in total. The minimum Gasteiger partial charge on any atom is -0.623 e. The summed E-state index contributed by atoms with van der Waals surface area (Å²) in [6, 6.07) is 0. The maximum Gasteiger partial charge on any atom is 0.344 e. The third-order valence-electron chi connectivity index (χ3n) is 4.97. The number of hydrogen-bond donors (Lipinski definition) is 0. The molecule has 0 radical (unpaired) electrons. The fraction of sp³-hybridized carbons (Fsp3) is 0.800. The first-order chi connectivity index (χ1) is 11.4. The Morgan fingerprint density at radius 2 is 1.58 bits per heavy atom. The molecule has 0 amide bonds. The van der Waals surface area contributed by atoms with E-state index in [9.17, 15) is 10.0 Å². The molecule has 0 atom stereocenters. The molecule has 0 spiro atoms. The average molecular weight is 338 g/mol. The van der Waals surface area contributed by atoms with Crippen molar-refractivity contribution in [2.45, 2.75) is 97.9 Å². The Balaban J connectivity index is 2.60. The molecule has 0 N–H and O–H groups in total. The van der Waals surface area contributed by atoms with Crippen molar-refractivity contribution in [1.82, 2.24) is 0 Å². The van der Waals surface area contributed by atoms with Gasteiger partial charge in [-0.3, -0.25) is 0 Å². The zero-order valence-electron chi connectivity index (χ0n) is 16.2. The number of ether oxygens (including phenoxy) is 1. The number of hydrogen-bond acceptors (Lipinski definition) is 3. The Labute approximate surface area is 147 Å². The van der Waals surface area contributed by atoms with Crippen LogP contribution in [0.1, 0.15) is 92.4 Å². The van der Waals surface area contributed by atoms with Gasteiger partial charge in [-0.25, -0.2) is 4.79 Å². The van der Waals surface area contributed by atoms with Gasteiger partial charge in [0.1, 0.15) is 5.57 Å². The van der Waals surface area contributed by atoms with Gasteiger partial charge in [0, 0.05) is 26.3 Å². The molecule has 24 heavy (non-hydrogen) atoms. The Hall–Kier alpha value is -1.32. The van der Waals surface area contributed by atoms with Crippen molar-refractivity contribution in [3.63, 3.8) is 0 Å². The van der Waals surface area contributed by atoms with Gasteiger partial charge in [-0.05, 0) is 19.8 Å². The van der Waals surface area contributed by atoms with Gasteiger partial charge < -0.3 is 9.94 Å². The summed E-state index contributed by atoms with van der Waals surface area (Å²) in [5.74, 6) is -0.351. The molecule has 0 aromatic carbocycles. The van der Waals surface area contributed by atoms with Crippen LogP contribution >= 0.6 is 0 Å². The molecule has 1 aliphatic heterocycles. The molecule has 0 aromatic heterocycles. The second kappa shape index (κ2) is 9.85. The molecule has 1 rings (SSSR count). The van der Waals surface area contributed by atoms with Gasteiger partial charge in [0.05, 0.1) is 6.61 Å². The molecule has 0 saturated heterocycles. The van der Waals surface area contributed by atoms with E-state index in [0.29, 0.717) is 17.9 Å². The standard InChI is InChI=1S/C20H35NO3/c1-6-8-9-10-11-12-13-14-15-17-18(19(22)24-7-2)16(3)21(23)20(17,4)5/h6-15H2,1-5H3. The molecule has 4 heteroatoms. The van der Waals surface area contributed by atoms with E-state index in [2.05, 4.69) is 6.92 Å². The van der Waals surface area contributed by atoms with Gasteiger partial charge in [0.15, 0.2) is 11.3 Å². The third kappa shape index (κ3) is 5.09. The minimum atomic E-state index is -0.646. The Morgan fingerprint density at radius 1 is 1.04 bits per heavy atom. The van der Waals surface area contributed by atoms with E-state index >= 15 is 0 Å². The normalized spacial score (nSPS) is 16.9. The van der Waals surface area contributed by atoms with Gasteiger partial charge >= 0.3 is 5.97 Å². The lowest BCUT2D eigenvalue weighted by Crippen LogP contribution is -2.32. The van der Waals surface area contributed by atoms with Crippen molar-refractivity contribution < 1.29 is 14.3 Å². The summed E-state index contributed by atoms with van der Waals surface area (Å²) >= 11 is 0. The Kier molecular flexibility index (Phi) is 8.51. The zero-order chi connectivity index (χ0) is 18.2. The zero-order valence-corrected chi connectivity index (χ0v) is 16.2. The molecule has 1 aliphatic rings. The number of esters is 1. The van der Waals surface area contributed by atoms with E-state index in [1.54, 1.807) is 13.8 Å². The third-order valence-corrected chi connectivity index (χ3v) is 4.97. The predicted molar refractivity (Wildman–Crippen MR) is 99.3 cm³/mol. The van der Waals surface area contributed by atoms with E-state index < -0.39 is 5.54 Å². The minimum absolute atomic E-state index is 0.333. The van der Waals surface area contributed by atoms with Crippen LogP contribution in [0.2, 0.25) is 0 Å². The second-order valence-electron chi connectivity index (χ2n) is 7.24. The highest BCUT2D eigenvalue weighted by Gasteiger charge is 2.45. The van der Waals surface area contributed by atoms with Crippen LogP contribution in [0.25, 0.3) is 0 Å². The van der Waals surface area contributed by atoms with Crippen LogP contribution in [0.4, 0.5) is 0 Å². The highest BCUT2D eigenvalue weighted by atomic mass is 16.5. The summed E-state index contributed by atoms with van der Waals surface area (Å²) in [5, 5.41) is 12.4. The lowest BCUT2D eigenvalue weighted by molar-refractivity contribution is -0.524. The van der Waals surface area contributed by atoms with Gasteiger partial charge in [-0.2, -0.15) is 4.74 Å². The maximum absolute atomic E-state index is 12.4. The van der Waals surface area contributed by atoms with Crippen LogP contribution < -0.4 is 0 Å². The van der Waals surface area contributed by atoms with Gasteiger partial charge in [0.2, 0.25) is 0 Å². The number of rotatable bonds is 11. The largest absolute Gasteiger partial charge is 0.623 e. The van der Waals surface area contributed by atoms with Gasteiger partial charge in [0.25, 0.3) is 0 Å². The van der Waals surface area contributed by atoms with E-state index in [1.807, 2.05) is 13.8 Å². The van der Waals surface area contributed by atoms with Crippen LogP contribution in [-0.4, -0.2) is 28.6 Å². The van der Waals surface area contributed by atoms with Crippen molar-refractivity contribution in [3.8, 4) is 0 Å². The van der Waals surface area contributed by atoms with E-state index in [0.717, 1.165) is 29.6 Å². The van der Waals surface area contributed by atoms with Crippen molar-refractivity contribution in [2.75, 3.05) is 6.61 Å². The Bertz CT molecular complexity index is 489. The SMILES string of the molecule is CCCCCCCCCCC1=C(C(=O)OCC)C(C)=[N+]([O-])C1(C)C. The smallest absolute Gasteiger partial charge is 0.344 e. The second-order valence-corrected chi connectivity index (χ2v) is 7.24. The molecule has 0 fully saturated rings. The number of nitrogens with zero attached hydrogens (tertiary/aromatic N) is 1. The van der Waals surface area contributed by atoms with Crippen LogP contribution in [0.15, 0.2) is 11.1 Å². The van der Waals surface area contributed by atoms with E-state index in [-0.39, 0.29) is 5.97 Å². The lowest BCUT2D eigenvalue weighted by atomic mass is 9.88. The van der Waals surface area contributed by atoms with E-state index in [1.165, 1.54) is 38.5 Å². The quantitative estimate of drug-likeness (QED) is 0.227. The average Bonchev–Trinajstić information content (AvgIpc) is 2.70. The number of carbonyl (C=O) groups is 1. The highest BCUT2D eigenvalue weighted by Crippen LogP contribution is 2.35. The summed E-state index contributed by atoms with van der Waals surface area (Å²) in [5.41, 5.74) is 1.31. The summed E-state index contributed by atoms with van der Waals surface area (Å²) in [7, 11) is 0. The number of carbonyl (C=O) groups excluding carboxylic acids is 1. The fourth-order valence-corrected chi connectivity index (χ4v) is 3.51. The molecule has 0 saturated carbocycles. The van der Waals surface area contributed by atoms with E-state index in [4.69, 9.17) is 4.74 Å². The monoisotopic (exact) mass is 337 g/mol. The number of unbranched alkanes of at least 4 members (excludes halogenated alkanes) is 7. The summed E-state index contributed by atoms with van der Waals surface area (Å²) in [6.07, 6.45) is 10.8. The van der Waals surface area contributed by atoms with Crippen molar-refractivity contribution in [3.05, 3.63) is 16.4 Å². The van der Waals surface area contributed by atoms with Crippen molar-refractivity contribution in [2.24, 2.45) is 0 Å². The lowest BCUT2D eigenvalue weighted by Gasteiger charge is -2.22. The Morgan fingerprint density at radius 3 is 2.12 bits per heavy atom. The molecular formula is C20H35NO3. The van der Waals surface area contributed by atoms with Crippen molar-refractivity contribution >= 4 is 11.7 Å². The predicted octanol–water partition coefficient (Wildman–Crippen LogP) is 5.14. The van der Waals surface area contributed by atoms with Crippen LogP contribution in [0, 0.1) is 5.21 Å². The molecule has 0 bridgehead atoms. The van der Waals surface area contributed by atoms with Gasteiger partial charge in [-0.1, -0.05) is 51.9 Å². The number of hydroxylamine groups is 1. The van der Waals surface area contributed by atoms with Crippen LogP contribution in [0.5, 0.6) is 0 Å². The molecule has 0 aromatic rings. The topological polar surface area (TPSA) is 52.4 Å². The van der Waals surface area contributed by atoms with Crippen LogP contribution in [-0.2, 0) is 9.53 Å². The molecule has 1 heterocycles. The summed E-state index contributed by atoms with van der Waals surface area (Å²) in [6.45, 7) is 9.88.